The Labute approximate surface area is 121 Å². The summed E-state index contributed by atoms with van der Waals surface area (Å²) in [6.07, 6.45) is 4.53. The molecule has 0 N–H and O–H groups in total. The number of carbonyl (C=O) groups excluding carboxylic acids is 1. The molecule has 1 aliphatic carbocycles. The van der Waals surface area contributed by atoms with E-state index in [0.717, 1.165) is 30.2 Å². The minimum Gasteiger partial charge on any atom is -0.486 e. The van der Waals surface area contributed by atoms with Crippen molar-refractivity contribution in [3.63, 3.8) is 0 Å². The van der Waals surface area contributed by atoms with Crippen LogP contribution in [0.4, 0.5) is 0 Å². The minimum atomic E-state index is -0.357. The molecule has 1 heterocycles. The smallest absolute Gasteiger partial charge is 0.170 e. The van der Waals surface area contributed by atoms with Crippen molar-refractivity contribution < 1.29 is 14.3 Å². The fourth-order valence-corrected chi connectivity index (χ4v) is 3.53. The van der Waals surface area contributed by atoms with Gasteiger partial charge in [0.15, 0.2) is 5.78 Å². The van der Waals surface area contributed by atoms with E-state index in [-0.39, 0.29) is 17.5 Å². The highest BCUT2D eigenvalue weighted by Gasteiger charge is 2.44. The van der Waals surface area contributed by atoms with Crippen LogP contribution in [0.5, 0.6) is 5.75 Å². The van der Waals surface area contributed by atoms with E-state index < -0.39 is 0 Å². The minimum absolute atomic E-state index is 0.186. The van der Waals surface area contributed by atoms with Crippen molar-refractivity contribution in [1.29, 1.82) is 0 Å². The Morgan fingerprint density at radius 2 is 2.32 bits per heavy atom. The molecule has 3 nitrogen and oxygen atoms in total. The van der Waals surface area contributed by atoms with Crippen LogP contribution < -0.4 is 4.74 Å². The van der Waals surface area contributed by atoms with E-state index in [2.05, 4.69) is 15.9 Å². The summed E-state index contributed by atoms with van der Waals surface area (Å²) in [5, 5.41) is 0. The van der Waals surface area contributed by atoms with Crippen molar-refractivity contribution >= 4 is 21.7 Å². The average Bonchev–Trinajstić information content (AvgIpc) is 2.38. The zero-order valence-corrected chi connectivity index (χ0v) is 12.5. The van der Waals surface area contributed by atoms with Crippen molar-refractivity contribution in [2.24, 2.45) is 0 Å². The third-order valence-electron chi connectivity index (χ3n) is 4.14. The van der Waals surface area contributed by atoms with E-state index in [0.29, 0.717) is 17.7 Å². The Bertz CT molecular complexity index is 514. The first kappa shape index (κ1) is 13.1. The number of carbonyl (C=O) groups is 1. The molecule has 1 saturated carbocycles. The lowest BCUT2D eigenvalue weighted by molar-refractivity contribution is -0.0466. The van der Waals surface area contributed by atoms with Gasteiger partial charge in [-0.15, -0.1) is 0 Å². The number of ether oxygens (including phenoxy) is 2. The standard InChI is InChI=1S/C15H17BrO3/c1-18-11-3-2-6-15(8-11)9-13(17)12-5-4-10(16)7-14(12)19-15/h4-5,7,11H,2-3,6,8-9H2,1H3. The van der Waals surface area contributed by atoms with Crippen molar-refractivity contribution in [3.05, 3.63) is 28.2 Å². The van der Waals surface area contributed by atoms with Crippen LogP contribution in [0.3, 0.4) is 0 Å². The molecule has 0 saturated heterocycles. The normalized spacial score (nSPS) is 30.0. The van der Waals surface area contributed by atoms with Crippen LogP contribution in [0.25, 0.3) is 0 Å². The summed E-state index contributed by atoms with van der Waals surface area (Å²) in [6, 6.07) is 5.62. The monoisotopic (exact) mass is 324 g/mol. The predicted octanol–water partition coefficient (Wildman–Crippen LogP) is 3.74. The summed E-state index contributed by atoms with van der Waals surface area (Å²) in [6.45, 7) is 0. The van der Waals surface area contributed by atoms with E-state index in [1.165, 1.54) is 0 Å². The van der Waals surface area contributed by atoms with Gasteiger partial charge in [-0.3, -0.25) is 4.79 Å². The van der Waals surface area contributed by atoms with E-state index in [1.807, 2.05) is 18.2 Å². The second-order valence-corrected chi connectivity index (χ2v) is 6.40. The molecule has 1 aromatic rings. The highest BCUT2D eigenvalue weighted by Crippen LogP contribution is 2.43. The molecular weight excluding hydrogens is 308 g/mol. The molecule has 1 aromatic carbocycles. The number of rotatable bonds is 1. The summed E-state index contributed by atoms with van der Waals surface area (Å²) < 4.78 is 12.6. The lowest BCUT2D eigenvalue weighted by atomic mass is 9.77. The van der Waals surface area contributed by atoms with Gasteiger partial charge in [-0.1, -0.05) is 15.9 Å². The van der Waals surface area contributed by atoms with Crippen LogP contribution in [0.1, 0.15) is 42.5 Å². The third-order valence-corrected chi connectivity index (χ3v) is 4.64. The maximum atomic E-state index is 12.3. The third kappa shape index (κ3) is 2.43. The van der Waals surface area contributed by atoms with E-state index in [1.54, 1.807) is 7.11 Å². The average molecular weight is 325 g/mol. The largest absolute Gasteiger partial charge is 0.486 e. The van der Waals surface area contributed by atoms with E-state index >= 15 is 0 Å². The number of benzene rings is 1. The molecule has 3 rings (SSSR count). The summed E-state index contributed by atoms with van der Waals surface area (Å²) >= 11 is 3.43. The van der Waals surface area contributed by atoms with Gasteiger partial charge in [0.2, 0.25) is 0 Å². The zero-order valence-electron chi connectivity index (χ0n) is 10.9. The molecule has 2 unspecified atom stereocenters. The number of hydrogen-bond acceptors (Lipinski definition) is 3. The number of Topliss-reactive ketones (excluding diaryl/α,β-unsaturated/α-hetero) is 1. The molecule has 4 heteroatoms. The van der Waals surface area contributed by atoms with Gasteiger partial charge in [-0.25, -0.2) is 0 Å². The Morgan fingerprint density at radius 3 is 3.11 bits per heavy atom. The molecule has 0 radical (unpaired) electrons. The van der Waals surface area contributed by atoms with Crippen molar-refractivity contribution in [2.45, 2.75) is 43.8 Å². The lowest BCUT2D eigenvalue weighted by Gasteiger charge is -2.43. The van der Waals surface area contributed by atoms with Crippen LogP contribution in [-0.2, 0) is 4.74 Å². The van der Waals surface area contributed by atoms with Gasteiger partial charge in [-0.05, 0) is 37.5 Å². The van der Waals surface area contributed by atoms with Gasteiger partial charge < -0.3 is 9.47 Å². The molecule has 1 fully saturated rings. The van der Waals surface area contributed by atoms with Gasteiger partial charge in [0.1, 0.15) is 11.4 Å². The van der Waals surface area contributed by atoms with Gasteiger partial charge in [0.25, 0.3) is 0 Å². The molecule has 2 atom stereocenters. The number of ketones is 1. The van der Waals surface area contributed by atoms with Crippen molar-refractivity contribution in [2.75, 3.05) is 7.11 Å². The van der Waals surface area contributed by atoms with Crippen LogP contribution in [0.15, 0.2) is 22.7 Å². The maximum absolute atomic E-state index is 12.3. The van der Waals surface area contributed by atoms with Crippen LogP contribution >= 0.6 is 15.9 Å². The molecule has 1 spiro atoms. The zero-order chi connectivity index (χ0) is 13.5. The molecular formula is C15H17BrO3. The van der Waals surface area contributed by atoms with Gasteiger partial charge in [-0.2, -0.15) is 0 Å². The van der Waals surface area contributed by atoms with E-state index in [4.69, 9.17) is 9.47 Å². The number of fused-ring (bicyclic) bond motifs is 1. The second-order valence-electron chi connectivity index (χ2n) is 5.48. The van der Waals surface area contributed by atoms with Gasteiger partial charge in [0.05, 0.1) is 18.1 Å². The molecule has 2 aliphatic rings. The fourth-order valence-electron chi connectivity index (χ4n) is 3.19. The Kier molecular flexibility index (Phi) is 3.39. The SMILES string of the molecule is COC1CCCC2(CC(=O)c3ccc(Br)cc3O2)C1. The summed E-state index contributed by atoms with van der Waals surface area (Å²) in [7, 11) is 1.73. The summed E-state index contributed by atoms with van der Waals surface area (Å²) in [5.41, 5.74) is 0.345. The highest BCUT2D eigenvalue weighted by atomic mass is 79.9. The molecule has 1 aliphatic heterocycles. The van der Waals surface area contributed by atoms with Crippen molar-refractivity contribution in [1.82, 2.24) is 0 Å². The molecule has 102 valence electrons. The van der Waals surface area contributed by atoms with Crippen LogP contribution in [0, 0.1) is 0 Å². The maximum Gasteiger partial charge on any atom is 0.170 e. The Hall–Kier alpha value is -0.870. The van der Waals surface area contributed by atoms with Crippen molar-refractivity contribution in [3.8, 4) is 5.75 Å². The fraction of sp³-hybridized carbons (Fsp3) is 0.533. The number of hydrogen-bond donors (Lipinski definition) is 0. The molecule has 0 aromatic heterocycles. The Balaban J connectivity index is 1.93. The first-order chi connectivity index (χ1) is 9.12. The van der Waals surface area contributed by atoms with Gasteiger partial charge in [0, 0.05) is 18.0 Å². The van der Waals surface area contributed by atoms with Crippen LogP contribution in [0.2, 0.25) is 0 Å². The van der Waals surface area contributed by atoms with E-state index in [9.17, 15) is 4.79 Å². The Morgan fingerprint density at radius 1 is 1.47 bits per heavy atom. The predicted molar refractivity (Wildman–Crippen MR) is 75.7 cm³/mol. The summed E-state index contributed by atoms with van der Waals surface area (Å²) in [4.78, 5) is 12.3. The number of methoxy groups -OCH3 is 1. The van der Waals surface area contributed by atoms with Gasteiger partial charge >= 0.3 is 0 Å². The molecule has 0 amide bonds. The topological polar surface area (TPSA) is 35.5 Å². The first-order valence-electron chi connectivity index (χ1n) is 6.66. The lowest BCUT2D eigenvalue weighted by Crippen LogP contribution is -2.47. The first-order valence-corrected chi connectivity index (χ1v) is 7.46. The quantitative estimate of drug-likeness (QED) is 0.789. The summed E-state index contributed by atoms with van der Waals surface area (Å²) in [5.74, 6) is 0.896. The van der Waals surface area contributed by atoms with Crippen LogP contribution in [-0.4, -0.2) is 24.6 Å². The molecule has 19 heavy (non-hydrogen) atoms. The second kappa shape index (κ2) is 4.91. The number of halogens is 1. The molecule has 0 bridgehead atoms. The highest BCUT2D eigenvalue weighted by molar-refractivity contribution is 9.10.